The average molecular weight is 645 g/mol. The fourth-order valence-electron chi connectivity index (χ4n) is 6.74. The lowest BCUT2D eigenvalue weighted by molar-refractivity contribution is -0.131. The summed E-state index contributed by atoms with van der Waals surface area (Å²) in [5.74, 6) is 0.909. The van der Waals surface area contributed by atoms with Crippen molar-refractivity contribution in [2.24, 2.45) is 11.8 Å². The molecule has 6 nitrogen and oxygen atoms in total. The van der Waals surface area contributed by atoms with Gasteiger partial charge < -0.3 is 14.7 Å². The van der Waals surface area contributed by atoms with E-state index in [2.05, 4.69) is 13.8 Å². The molecule has 0 heterocycles. The molecule has 0 saturated heterocycles. The zero-order valence-electron chi connectivity index (χ0n) is 29.1. The monoisotopic (exact) mass is 645 g/mol. The molecule has 2 atom stereocenters. The van der Waals surface area contributed by atoms with Gasteiger partial charge in [-0.3, -0.25) is 9.59 Å². The molecule has 1 aliphatic carbocycles. The zero-order valence-corrected chi connectivity index (χ0v) is 30.0. The summed E-state index contributed by atoms with van der Waals surface area (Å²) in [4.78, 5) is 47.4. The molecule has 0 aliphatic heterocycles. The number of carbonyl (C=O) groups excluding carboxylic acids is 2. The maximum atomic E-state index is 12.9. The van der Waals surface area contributed by atoms with Crippen LogP contribution in [0.2, 0.25) is 0 Å². The first-order valence-electron chi connectivity index (χ1n) is 19.0. The number of hydrogen-bond acceptors (Lipinski definition) is 3. The van der Waals surface area contributed by atoms with E-state index < -0.39 is 7.82 Å². The van der Waals surface area contributed by atoms with Crippen LogP contribution in [-0.2, 0) is 14.2 Å². The minimum Gasteiger partial charge on any atom is -0.303 e. The van der Waals surface area contributed by atoms with E-state index in [0.29, 0.717) is 24.4 Å². The van der Waals surface area contributed by atoms with Gasteiger partial charge in [-0.05, 0) is 25.7 Å². The predicted molar refractivity (Wildman–Crippen MR) is 186 cm³/mol. The summed E-state index contributed by atoms with van der Waals surface area (Å²) in [5, 5.41) is 0. The summed E-state index contributed by atoms with van der Waals surface area (Å²) < 4.78 is 8.88. The van der Waals surface area contributed by atoms with E-state index in [1.165, 1.54) is 154 Å². The van der Waals surface area contributed by atoms with Gasteiger partial charge >= 0.3 is 7.82 Å². The molecule has 0 radical (unpaired) electrons. The van der Waals surface area contributed by atoms with Gasteiger partial charge in [0.05, 0.1) is 0 Å². The van der Waals surface area contributed by atoms with E-state index in [9.17, 15) is 9.59 Å². The van der Waals surface area contributed by atoms with Crippen molar-refractivity contribution >= 4 is 19.4 Å². The van der Waals surface area contributed by atoms with Gasteiger partial charge in [0.25, 0.3) is 0 Å². The second-order valence-electron chi connectivity index (χ2n) is 13.6. The standard InChI is InChI=1S/C37H70O2.H3O4P/c1-3-5-7-9-11-13-15-17-19-21-23-25-27-32-36(38)34-30-29-31-35(34)37(39)33-28-26-24-22-20-18-16-14-12-10-8-6-4-2;1-5(2,3)4/h34-35H,3-33H2,1-2H3;(H3,1,2,3,4). The molecule has 1 fully saturated rings. The second-order valence-corrected chi connectivity index (χ2v) is 14.6. The molecule has 0 bridgehead atoms. The summed E-state index contributed by atoms with van der Waals surface area (Å²) in [6.45, 7) is 4.56. The fraction of sp³-hybridized carbons (Fsp3) is 0.946. The van der Waals surface area contributed by atoms with Gasteiger partial charge in [-0.2, -0.15) is 0 Å². The highest BCUT2D eigenvalue weighted by atomic mass is 31.2. The molecule has 1 saturated carbocycles. The highest BCUT2D eigenvalue weighted by Gasteiger charge is 2.36. The first kappa shape index (κ1) is 43.5. The van der Waals surface area contributed by atoms with Crippen molar-refractivity contribution < 1.29 is 28.8 Å². The molecule has 1 rings (SSSR count). The van der Waals surface area contributed by atoms with Crippen LogP contribution in [0.4, 0.5) is 0 Å². The van der Waals surface area contributed by atoms with Crippen LogP contribution < -0.4 is 0 Å². The average Bonchev–Trinajstić information content (AvgIpc) is 3.47. The molecule has 0 spiro atoms. The van der Waals surface area contributed by atoms with Crippen LogP contribution in [0, 0.1) is 11.8 Å². The normalized spacial score (nSPS) is 16.6. The van der Waals surface area contributed by atoms with Gasteiger partial charge in [0.15, 0.2) is 0 Å². The van der Waals surface area contributed by atoms with Crippen LogP contribution in [0.25, 0.3) is 0 Å². The maximum absolute atomic E-state index is 12.9. The molecule has 44 heavy (non-hydrogen) atoms. The topological polar surface area (TPSA) is 112 Å². The largest absolute Gasteiger partial charge is 0.466 e. The maximum Gasteiger partial charge on any atom is 0.466 e. The number of Topliss-reactive ketones (excluding diaryl/α,β-unsaturated/α-hetero) is 2. The number of ketones is 2. The lowest BCUT2D eigenvalue weighted by Crippen LogP contribution is -2.25. The van der Waals surface area contributed by atoms with Crippen LogP contribution in [-0.4, -0.2) is 26.2 Å². The number of rotatable bonds is 30. The second kappa shape index (κ2) is 31.1. The van der Waals surface area contributed by atoms with E-state index in [4.69, 9.17) is 19.2 Å². The Morgan fingerprint density at radius 2 is 0.659 bits per heavy atom. The molecule has 7 heteroatoms. The molecule has 0 aromatic carbocycles. The molecular weight excluding hydrogens is 571 g/mol. The molecule has 262 valence electrons. The predicted octanol–water partition coefficient (Wildman–Crippen LogP) is 11.6. The molecule has 0 aromatic rings. The lowest BCUT2D eigenvalue weighted by Gasteiger charge is -2.17. The number of carbonyl (C=O) groups is 2. The molecule has 1 aliphatic rings. The van der Waals surface area contributed by atoms with E-state index in [-0.39, 0.29) is 11.8 Å². The third-order valence-electron chi connectivity index (χ3n) is 9.40. The van der Waals surface area contributed by atoms with Crippen molar-refractivity contribution in [2.75, 3.05) is 0 Å². The Hall–Kier alpha value is -0.550. The minimum atomic E-state index is -4.64. The van der Waals surface area contributed by atoms with Crippen molar-refractivity contribution in [1.29, 1.82) is 0 Å². The van der Waals surface area contributed by atoms with Crippen LogP contribution in [0.5, 0.6) is 0 Å². The highest BCUT2D eigenvalue weighted by Crippen LogP contribution is 2.35. The lowest BCUT2D eigenvalue weighted by atomic mass is 9.85. The van der Waals surface area contributed by atoms with Crippen LogP contribution >= 0.6 is 7.82 Å². The summed E-state index contributed by atoms with van der Waals surface area (Å²) in [7, 11) is -4.64. The first-order valence-corrected chi connectivity index (χ1v) is 20.6. The third kappa shape index (κ3) is 30.1. The summed E-state index contributed by atoms with van der Waals surface area (Å²) in [6.07, 6.45) is 39.2. The van der Waals surface area contributed by atoms with Crippen LogP contribution in [0.3, 0.4) is 0 Å². The van der Waals surface area contributed by atoms with E-state index in [1.807, 2.05) is 0 Å². The smallest absolute Gasteiger partial charge is 0.303 e. The van der Waals surface area contributed by atoms with Crippen molar-refractivity contribution in [2.45, 2.75) is 213 Å². The van der Waals surface area contributed by atoms with Crippen LogP contribution in [0.15, 0.2) is 0 Å². The van der Waals surface area contributed by atoms with Crippen molar-refractivity contribution in [3.63, 3.8) is 0 Å². The Morgan fingerprint density at radius 1 is 0.455 bits per heavy atom. The van der Waals surface area contributed by atoms with Gasteiger partial charge in [0.2, 0.25) is 0 Å². The van der Waals surface area contributed by atoms with E-state index in [1.54, 1.807) is 0 Å². The number of phosphoric acid groups is 1. The molecule has 0 aromatic heterocycles. The summed E-state index contributed by atoms with van der Waals surface area (Å²) in [6, 6.07) is 0. The summed E-state index contributed by atoms with van der Waals surface area (Å²) >= 11 is 0. The Balaban J connectivity index is 0.00000340. The molecule has 2 unspecified atom stereocenters. The first-order chi connectivity index (χ1) is 21.2. The van der Waals surface area contributed by atoms with Crippen molar-refractivity contribution in [3.8, 4) is 0 Å². The van der Waals surface area contributed by atoms with Gasteiger partial charge in [-0.15, -0.1) is 0 Å². The Bertz CT molecular complexity index is 650. The molecule has 3 N–H and O–H groups in total. The van der Waals surface area contributed by atoms with Crippen LogP contribution in [0.1, 0.15) is 213 Å². The van der Waals surface area contributed by atoms with Gasteiger partial charge in [0.1, 0.15) is 11.6 Å². The molecule has 0 amide bonds. The number of unbranched alkanes of at least 4 members (excludes halogenated alkanes) is 24. The number of hydrogen-bond donors (Lipinski definition) is 3. The van der Waals surface area contributed by atoms with Gasteiger partial charge in [-0.1, -0.05) is 174 Å². The zero-order chi connectivity index (χ0) is 32.7. The highest BCUT2D eigenvalue weighted by molar-refractivity contribution is 7.45. The van der Waals surface area contributed by atoms with Gasteiger partial charge in [0, 0.05) is 24.7 Å². The minimum absolute atomic E-state index is 0.0526. The van der Waals surface area contributed by atoms with Crippen molar-refractivity contribution in [1.82, 2.24) is 0 Å². The molecular formula is C37H73O6P. The Kier molecular flexibility index (Phi) is 30.7. The Morgan fingerprint density at radius 3 is 0.886 bits per heavy atom. The van der Waals surface area contributed by atoms with E-state index in [0.717, 1.165) is 32.1 Å². The SMILES string of the molecule is CCCCCCCCCCCCCCCC(=O)C1CCCC1C(=O)CCCCCCCCCCCCCCC.O=P(O)(O)O. The van der Waals surface area contributed by atoms with Crippen molar-refractivity contribution in [3.05, 3.63) is 0 Å². The Labute approximate surface area is 272 Å². The third-order valence-corrected chi connectivity index (χ3v) is 9.40. The van der Waals surface area contributed by atoms with Gasteiger partial charge in [-0.25, -0.2) is 4.57 Å². The quantitative estimate of drug-likeness (QED) is 0.0530. The fourth-order valence-corrected chi connectivity index (χ4v) is 6.74. The van der Waals surface area contributed by atoms with E-state index >= 15 is 0 Å². The summed E-state index contributed by atoms with van der Waals surface area (Å²) in [5.41, 5.74) is 0.